The van der Waals surface area contributed by atoms with E-state index in [0.29, 0.717) is 25.3 Å². The molecule has 3 aliphatic rings. The van der Waals surface area contributed by atoms with Crippen LogP contribution in [0.4, 0.5) is 10.5 Å². The number of hydrogen-bond donors (Lipinski definition) is 3. The van der Waals surface area contributed by atoms with Gasteiger partial charge in [0.25, 0.3) is 0 Å². The van der Waals surface area contributed by atoms with E-state index in [9.17, 15) is 13.2 Å². The third-order valence-corrected chi connectivity index (χ3v) is 7.58. The van der Waals surface area contributed by atoms with E-state index in [0.717, 1.165) is 44.2 Å². The summed E-state index contributed by atoms with van der Waals surface area (Å²) in [6, 6.07) is 1.59. The standard InChI is InChI=1S/C19H26N4O4S/c1-12(21-25)9-23-10-15(11-23)28(26,27)22-19(24)20-18-16-6-2-4-13(16)8-14-5-3-7-17(14)18/h8,15,25H,2-7,9-11H2,1H3,(H2,20,22,24)/b21-12+. The lowest BCUT2D eigenvalue weighted by Crippen LogP contribution is -2.59. The Balaban J connectivity index is 1.42. The van der Waals surface area contributed by atoms with Gasteiger partial charge < -0.3 is 10.5 Å². The van der Waals surface area contributed by atoms with Gasteiger partial charge in [0.1, 0.15) is 5.25 Å². The van der Waals surface area contributed by atoms with Crippen LogP contribution in [0, 0.1) is 0 Å². The van der Waals surface area contributed by atoms with Crippen molar-refractivity contribution in [1.29, 1.82) is 0 Å². The minimum atomic E-state index is -3.75. The first kappa shape index (κ1) is 19.2. The summed E-state index contributed by atoms with van der Waals surface area (Å²) in [5.74, 6) is 0. The third kappa shape index (κ3) is 3.60. The Kier molecular flexibility index (Phi) is 5.05. The molecule has 8 nitrogen and oxygen atoms in total. The van der Waals surface area contributed by atoms with Gasteiger partial charge in [0.2, 0.25) is 10.0 Å². The molecule has 28 heavy (non-hydrogen) atoms. The maximum absolute atomic E-state index is 12.5. The number of carbonyl (C=O) groups excluding carboxylic acids is 1. The van der Waals surface area contributed by atoms with Gasteiger partial charge in [-0.25, -0.2) is 17.9 Å². The van der Waals surface area contributed by atoms with Crippen molar-refractivity contribution in [3.8, 4) is 0 Å². The predicted octanol–water partition coefficient (Wildman–Crippen LogP) is 1.65. The zero-order chi connectivity index (χ0) is 19.9. The molecule has 0 unspecified atom stereocenters. The number of aryl methyl sites for hydroxylation is 2. The van der Waals surface area contributed by atoms with Gasteiger partial charge in [-0.05, 0) is 67.7 Å². The van der Waals surface area contributed by atoms with Crippen LogP contribution in [-0.2, 0) is 35.7 Å². The molecule has 1 saturated heterocycles. The summed E-state index contributed by atoms with van der Waals surface area (Å²) in [6.45, 7) is 2.71. The molecule has 3 N–H and O–H groups in total. The lowest BCUT2D eigenvalue weighted by molar-refractivity contribution is 0.208. The predicted molar refractivity (Wildman–Crippen MR) is 107 cm³/mol. The second-order valence-corrected chi connectivity index (χ2v) is 9.95. The van der Waals surface area contributed by atoms with E-state index >= 15 is 0 Å². The van der Waals surface area contributed by atoms with Crippen LogP contribution in [0.1, 0.15) is 42.0 Å². The molecule has 4 rings (SSSR count). The Hall–Kier alpha value is -2.13. The number of rotatable bonds is 5. The Labute approximate surface area is 165 Å². The van der Waals surface area contributed by atoms with Crippen LogP contribution >= 0.6 is 0 Å². The van der Waals surface area contributed by atoms with Crippen LogP contribution in [0.3, 0.4) is 0 Å². The molecule has 152 valence electrons. The molecule has 1 aromatic rings. The highest BCUT2D eigenvalue weighted by molar-refractivity contribution is 7.90. The molecular weight excluding hydrogens is 380 g/mol. The Morgan fingerprint density at radius 2 is 1.79 bits per heavy atom. The second-order valence-electron chi connectivity index (χ2n) is 7.99. The average molecular weight is 407 g/mol. The van der Waals surface area contributed by atoms with Crippen LogP contribution in [0.15, 0.2) is 11.2 Å². The lowest BCUT2D eigenvalue weighted by atomic mass is 9.99. The van der Waals surface area contributed by atoms with Crippen molar-refractivity contribution in [2.75, 3.05) is 25.0 Å². The summed E-state index contributed by atoms with van der Waals surface area (Å²) in [7, 11) is -3.75. The highest BCUT2D eigenvalue weighted by Crippen LogP contribution is 2.38. The molecule has 0 atom stereocenters. The van der Waals surface area contributed by atoms with Crippen LogP contribution in [-0.4, -0.2) is 55.2 Å². The number of carbonyl (C=O) groups is 1. The van der Waals surface area contributed by atoms with Gasteiger partial charge in [0, 0.05) is 25.3 Å². The minimum absolute atomic E-state index is 0.311. The summed E-state index contributed by atoms with van der Waals surface area (Å²) < 4.78 is 27.2. The summed E-state index contributed by atoms with van der Waals surface area (Å²) in [5.41, 5.74) is 6.26. The van der Waals surface area contributed by atoms with Crippen molar-refractivity contribution in [3.63, 3.8) is 0 Å². The van der Waals surface area contributed by atoms with E-state index in [2.05, 4.69) is 21.3 Å². The molecule has 0 saturated carbocycles. The number of likely N-dealkylation sites (tertiary alicyclic amines) is 1. The monoisotopic (exact) mass is 406 g/mol. The number of urea groups is 1. The number of nitrogens with one attached hydrogen (secondary N) is 2. The van der Waals surface area contributed by atoms with Crippen molar-refractivity contribution in [2.45, 2.75) is 50.7 Å². The number of sulfonamides is 1. The minimum Gasteiger partial charge on any atom is -0.411 e. The average Bonchev–Trinajstić information content (AvgIpc) is 3.25. The fraction of sp³-hybridized carbons (Fsp3) is 0.579. The van der Waals surface area contributed by atoms with E-state index < -0.39 is 21.3 Å². The molecule has 2 amide bonds. The maximum Gasteiger partial charge on any atom is 0.332 e. The molecule has 0 spiro atoms. The van der Waals surface area contributed by atoms with Gasteiger partial charge in [-0.1, -0.05) is 11.2 Å². The summed E-state index contributed by atoms with van der Waals surface area (Å²) in [4.78, 5) is 14.4. The molecule has 0 bridgehead atoms. The highest BCUT2D eigenvalue weighted by Gasteiger charge is 2.38. The smallest absolute Gasteiger partial charge is 0.332 e. The van der Waals surface area contributed by atoms with Crippen molar-refractivity contribution < 1.29 is 18.4 Å². The van der Waals surface area contributed by atoms with Gasteiger partial charge in [-0.3, -0.25) is 4.90 Å². The van der Waals surface area contributed by atoms with Gasteiger partial charge in [-0.15, -0.1) is 0 Å². The van der Waals surface area contributed by atoms with E-state index in [1.807, 2.05) is 4.90 Å². The van der Waals surface area contributed by atoms with E-state index in [1.165, 1.54) is 22.3 Å². The van der Waals surface area contributed by atoms with Gasteiger partial charge in [-0.2, -0.15) is 0 Å². The number of oxime groups is 1. The van der Waals surface area contributed by atoms with E-state index in [1.54, 1.807) is 6.92 Å². The largest absolute Gasteiger partial charge is 0.411 e. The van der Waals surface area contributed by atoms with Crippen LogP contribution < -0.4 is 10.0 Å². The van der Waals surface area contributed by atoms with Crippen LogP contribution in [0.25, 0.3) is 0 Å². The number of amides is 2. The summed E-state index contributed by atoms with van der Waals surface area (Å²) in [6.07, 6.45) is 6.03. The van der Waals surface area contributed by atoms with Crippen LogP contribution in [0.2, 0.25) is 0 Å². The molecule has 1 aliphatic heterocycles. The number of benzene rings is 1. The molecule has 1 fully saturated rings. The maximum atomic E-state index is 12.5. The van der Waals surface area contributed by atoms with Crippen molar-refractivity contribution in [2.24, 2.45) is 5.16 Å². The van der Waals surface area contributed by atoms with E-state index in [4.69, 9.17) is 5.21 Å². The van der Waals surface area contributed by atoms with Gasteiger partial charge in [0.05, 0.1) is 5.71 Å². The molecule has 0 aromatic heterocycles. The SMILES string of the molecule is C/C(CN1CC(S(=O)(=O)NC(=O)Nc2c3c(cc4c2CCC4)CCC3)C1)=N\O. The van der Waals surface area contributed by atoms with Crippen molar-refractivity contribution in [1.82, 2.24) is 9.62 Å². The quantitative estimate of drug-likeness (QED) is 0.391. The number of anilines is 1. The second kappa shape index (κ2) is 7.36. The van der Waals surface area contributed by atoms with Crippen molar-refractivity contribution in [3.05, 3.63) is 28.3 Å². The Morgan fingerprint density at radius 3 is 2.36 bits per heavy atom. The van der Waals surface area contributed by atoms with Gasteiger partial charge >= 0.3 is 6.03 Å². The zero-order valence-corrected chi connectivity index (χ0v) is 16.8. The fourth-order valence-corrected chi connectivity index (χ4v) is 5.81. The first-order valence-corrected chi connectivity index (χ1v) is 11.3. The zero-order valence-electron chi connectivity index (χ0n) is 16.0. The Bertz CT molecular complexity index is 903. The first-order chi connectivity index (χ1) is 13.4. The third-order valence-electron chi connectivity index (χ3n) is 5.93. The van der Waals surface area contributed by atoms with E-state index in [-0.39, 0.29) is 0 Å². The van der Waals surface area contributed by atoms with Crippen LogP contribution in [0.5, 0.6) is 0 Å². The topological polar surface area (TPSA) is 111 Å². The Morgan fingerprint density at radius 1 is 1.18 bits per heavy atom. The molecule has 9 heteroatoms. The molecule has 1 heterocycles. The number of hydrogen-bond acceptors (Lipinski definition) is 6. The molecule has 1 aromatic carbocycles. The fourth-order valence-electron chi connectivity index (χ4n) is 4.52. The number of fused-ring (bicyclic) bond motifs is 2. The lowest BCUT2D eigenvalue weighted by Gasteiger charge is -2.38. The number of nitrogens with zero attached hydrogens (tertiary/aromatic N) is 2. The van der Waals surface area contributed by atoms with Gasteiger partial charge in [0.15, 0.2) is 0 Å². The summed E-state index contributed by atoms with van der Waals surface area (Å²) in [5, 5.41) is 14.0. The van der Waals surface area contributed by atoms with Crippen molar-refractivity contribution >= 4 is 27.5 Å². The highest BCUT2D eigenvalue weighted by atomic mass is 32.2. The summed E-state index contributed by atoms with van der Waals surface area (Å²) >= 11 is 0. The molecule has 2 aliphatic carbocycles. The normalized spacial score (nSPS) is 19.8. The molecular formula is C19H26N4O4S. The molecule has 0 radical (unpaired) electrons. The first-order valence-electron chi connectivity index (χ1n) is 9.76.